The van der Waals surface area contributed by atoms with Gasteiger partial charge in [-0.1, -0.05) is 90.6 Å². The molecule has 0 bridgehead atoms. The van der Waals surface area contributed by atoms with Crippen LogP contribution in [0, 0.1) is 5.92 Å². The molecule has 110 heavy (non-hydrogen) atoms. The van der Waals surface area contributed by atoms with Crippen molar-refractivity contribution in [1.29, 1.82) is 0 Å². The highest BCUT2D eigenvalue weighted by Gasteiger charge is 2.52. The molecule has 0 aromatic rings. The van der Waals surface area contributed by atoms with Gasteiger partial charge in [0.2, 0.25) is 0 Å². The zero-order valence-electron chi connectivity index (χ0n) is 75.2. The van der Waals surface area contributed by atoms with E-state index in [1.807, 2.05) is 118 Å². The Balaban J connectivity index is 0.000000348. The van der Waals surface area contributed by atoms with Crippen LogP contribution in [-0.2, 0) is 52.4 Å². The van der Waals surface area contributed by atoms with E-state index in [-0.39, 0.29) is 94.5 Å². The summed E-state index contributed by atoms with van der Waals surface area (Å²) in [6.45, 7) is 56.0. The molecule has 0 aromatic carbocycles. The summed E-state index contributed by atoms with van der Waals surface area (Å²) in [5.74, 6) is 0.251. The third-order valence-corrected chi connectivity index (χ3v) is 25.6. The molecule has 21 heteroatoms. The van der Waals surface area contributed by atoms with E-state index in [0.29, 0.717) is 77.0 Å². The summed E-state index contributed by atoms with van der Waals surface area (Å²) < 4.78 is 35.3. The summed E-state index contributed by atoms with van der Waals surface area (Å²) in [5, 5.41) is 47.3. The number of piperidine rings is 6. The maximum atomic E-state index is 12.9. The van der Waals surface area contributed by atoms with Crippen molar-refractivity contribution in [2.75, 3.05) is 14.1 Å². The molecule has 0 amide bonds. The van der Waals surface area contributed by atoms with Crippen LogP contribution in [-0.4, -0.2) is 198 Å². The minimum atomic E-state index is -0.439. The van der Waals surface area contributed by atoms with Crippen molar-refractivity contribution in [2.45, 2.75) is 507 Å². The highest BCUT2D eigenvalue weighted by Crippen LogP contribution is 2.45. The van der Waals surface area contributed by atoms with Gasteiger partial charge >= 0.3 is 29.8 Å². The first kappa shape index (κ1) is 98.9. The minimum Gasteiger partial charge on any atom is -0.495 e. The lowest BCUT2D eigenvalue weighted by Gasteiger charge is -2.53. The highest BCUT2D eigenvalue weighted by atomic mass is 16.6. The molecule has 642 valence electrons. The van der Waals surface area contributed by atoms with E-state index in [1.54, 1.807) is 0 Å². The van der Waals surface area contributed by atoms with Gasteiger partial charge in [-0.2, -0.15) is 20.3 Å². The molecule has 0 aromatic heterocycles. The number of ether oxygens (including phenoxy) is 6. The summed E-state index contributed by atoms with van der Waals surface area (Å²) >= 11 is 0. The molecular formula is C89H166N6O15. The number of carbonyl (C=O) groups excluding carboxylic acids is 5. The van der Waals surface area contributed by atoms with Gasteiger partial charge in [0.25, 0.3) is 0 Å². The molecule has 6 heterocycles. The lowest BCUT2D eigenvalue weighted by molar-refractivity contribution is -0.260. The number of rotatable bonds is 35. The topological polar surface area (TPSA) is 241 Å². The SMILES string of the molecule is C=C(CCCCCCCCC(=O)OC1CC(C)(C)N(C)C(C)(C)C1)OC1CC(C)(C)N(C)C(C)(C)C1.CC1(C)CC(OC(=O)CCCCCCCCC(=O)OC2CC(C)(C)N(O)C(C)(C)C2)CC(C)(C)N1O.CCC(CCCCCCCC(=O)OC1CC(C)(C)N(O)C(C)(C)C1)C(=O)OC1CC(C)(C)N(O)C(C)(C)C1. The third-order valence-electron chi connectivity index (χ3n) is 25.6. The van der Waals surface area contributed by atoms with Gasteiger partial charge < -0.3 is 49.3 Å². The van der Waals surface area contributed by atoms with Crippen LogP contribution < -0.4 is 0 Å². The lowest BCUT2D eigenvalue weighted by Crippen LogP contribution is -2.60. The average Bonchev–Trinajstić information content (AvgIpc) is 0.821. The first-order valence-corrected chi connectivity index (χ1v) is 43.1. The van der Waals surface area contributed by atoms with Gasteiger partial charge in [0.05, 0.1) is 11.7 Å². The molecule has 6 aliphatic heterocycles. The number of allylic oxidation sites excluding steroid dienone is 1. The minimum absolute atomic E-state index is 0.0233. The van der Waals surface area contributed by atoms with E-state index in [1.165, 1.54) is 39.5 Å². The Morgan fingerprint density at radius 3 is 0.700 bits per heavy atom. The van der Waals surface area contributed by atoms with E-state index < -0.39 is 44.3 Å². The molecule has 1 unspecified atom stereocenters. The zero-order chi connectivity index (χ0) is 83.7. The van der Waals surface area contributed by atoms with Crippen molar-refractivity contribution in [3.63, 3.8) is 0 Å². The Morgan fingerprint density at radius 2 is 0.473 bits per heavy atom. The van der Waals surface area contributed by atoms with Gasteiger partial charge in [0.1, 0.15) is 36.6 Å². The molecule has 0 radical (unpaired) electrons. The van der Waals surface area contributed by atoms with Crippen molar-refractivity contribution < 1.29 is 73.2 Å². The van der Waals surface area contributed by atoms with E-state index >= 15 is 0 Å². The monoisotopic (exact) mass is 1560 g/mol. The highest BCUT2D eigenvalue weighted by molar-refractivity contribution is 5.73. The maximum absolute atomic E-state index is 12.9. The second kappa shape index (κ2) is 41.1. The van der Waals surface area contributed by atoms with Crippen LogP contribution in [0.3, 0.4) is 0 Å². The summed E-state index contributed by atoms with van der Waals surface area (Å²) in [6, 6.07) is 0. The number of carbonyl (C=O) groups is 5. The quantitative estimate of drug-likeness (QED) is 0.0199. The molecule has 6 saturated heterocycles. The number of unbranched alkanes of at least 4 members (excludes halogenated alkanes) is 14. The number of likely N-dealkylation sites (tertiary alicyclic amines) is 2. The fraction of sp³-hybridized carbons (Fsp3) is 0.921. The van der Waals surface area contributed by atoms with Crippen LogP contribution in [0.5, 0.6) is 0 Å². The summed E-state index contributed by atoms with van der Waals surface area (Å²) in [4.78, 5) is 67.3. The smallest absolute Gasteiger partial charge is 0.309 e. The second-order valence-electron chi connectivity index (χ2n) is 42.0. The van der Waals surface area contributed by atoms with Gasteiger partial charge in [-0.3, -0.25) is 33.8 Å². The van der Waals surface area contributed by atoms with Crippen LogP contribution in [0.1, 0.15) is 404 Å². The van der Waals surface area contributed by atoms with Crippen molar-refractivity contribution >= 4 is 29.8 Å². The molecule has 6 fully saturated rings. The van der Waals surface area contributed by atoms with Gasteiger partial charge in [-0.15, -0.1) is 0 Å². The number of hydrogen-bond donors (Lipinski definition) is 4. The van der Waals surface area contributed by atoms with E-state index in [0.717, 1.165) is 141 Å². The molecular weight excluding hydrogens is 1390 g/mol. The van der Waals surface area contributed by atoms with Crippen molar-refractivity contribution in [3.05, 3.63) is 12.3 Å². The number of esters is 5. The van der Waals surface area contributed by atoms with Crippen molar-refractivity contribution in [2.24, 2.45) is 5.92 Å². The molecule has 6 aliphatic rings. The number of hydrogen-bond acceptors (Lipinski definition) is 21. The van der Waals surface area contributed by atoms with Gasteiger partial charge in [0.15, 0.2) is 0 Å². The molecule has 0 spiro atoms. The molecule has 0 saturated carbocycles. The Hall–Kier alpha value is -3.51. The fourth-order valence-corrected chi connectivity index (χ4v) is 19.5. The Labute approximate surface area is 669 Å². The van der Waals surface area contributed by atoms with Crippen LogP contribution in [0.2, 0.25) is 0 Å². The normalized spacial score (nSPS) is 24.5. The fourth-order valence-electron chi connectivity index (χ4n) is 19.5. The van der Waals surface area contributed by atoms with Crippen molar-refractivity contribution in [1.82, 2.24) is 30.1 Å². The largest absolute Gasteiger partial charge is 0.495 e. The summed E-state index contributed by atoms with van der Waals surface area (Å²) in [7, 11) is 4.41. The average molecular weight is 1560 g/mol. The first-order valence-electron chi connectivity index (χ1n) is 43.1. The van der Waals surface area contributed by atoms with Crippen molar-refractivity contribution in [3.8, 4) is 0 Å². The summed E-state index contributed by atoms with van der Waals surface area (Å²) in [6.07, 6.45) is 29.9. The standard InChI is InChI=1S/C31H58N2O3.C30H56N2O6.C28H52N2O6/c1-24(35-25-20-28(2,3)32(10)29(4,5)21-25)18-16-14-12-13-15-17-19-27(34)36-26-22-30(6,7)33(11)31(8,9)23-26;1-10-22(26(34)38-24-20-29(6,7)32(36)30(8,9)21-24)16-14-12-11-13-15-17-25(33)37-23-18-27(2,3)31(35)28(4,5)19-23;1-25(2)17-21(18-26(3,4)29(25)33)35-23(31)15-13-11-9-10-12-14-16-24(32)36-22-19-27(5,6)30(34)28(7,8)20-22/h25-26H,1,12-23H2,2-11H3;22-24,35-36H,10-21H2,1-9H3;21-22,33-34H,9-20H2,1-8H3. The zero-order valence-corrected chi connectivity index (χ0v) is 75.2. The Kier molecular flexibility index (Phi) is 36.9. The maximum Gasteiger partial charge on any atom is 0.309 e. The van der Waals surface area contributed by atoms with Crippen LogP contribution in [0.15, 0.2) is 12.3 Å². The Bertz CT molecular complexity index is 2530. The predicted molar refractivity (Wildman–Crippen MR) is 438 cm³/mol. The lowest BCUT2D eigenvalue weighted by atomic mass is 9.78. The molecule has 6 rings (SSSR count). The first-order chi connectivity index (χ1) is 50.3. The van der Waals surface area contributed by atoms with Gasteiger partial charge in [-0.25, -0.2) is 0 Å². The Morgan fingerprint density at radius 1 is 0.291 bits per heavy atom. The number of nitrogens with zero attached hydrogens (tertiary/aromatic N) is 6. The molecule has 0 aliphatic carbocycles. The molecule has 4 N–H and O–H groups in total. The van der Waals surface area contributed by atoms with Crippen LogP contribution in [0.4, 0.5) is 0 Å². The van der Waals surface area contributed by atoms with E-state index in [2.05, 4.69) is 85.9 Å². The number of hydroxylamine groups is 8. The van der Waals surface area contributed by atoms with E-state index in [4.69, 9.17) is 28.4 Å². The van der Waals surface area contributed by atoms with Gasteiger partial charge in [0, 0.05) is 176 Å². The van der Waals surface area contributed by atoms with Crippen LogP contribution in [0.25, 0.3) is 0 Å². The molecule has 1 atom stereocenters. The third kappa shape index (κ3) is 30.8. The summed E-state index contributed by atoms with van der Waals surface area (Å²) in [5.41, 5.74) is -3.08. The second-order valence-corrected chi connectivity index (χ2v) is 42.0. The van der Waals surface area contributed by atoms with E-state index in [9.17, 15) is 44.8 Å². The van der Waals surface area contributed by atoms with Gasteiger partial charge in [-0.05, 0) is 225 Å². The molecule has 21 nitrogen and oxygen atoms in total. The predicted octanol–water partition coefficient (Wildman–Crippen LogP) is 20.2. The van der Waals surface area contributed by atoms with Crippen LogP contribution >= 0.6 is 0 Å².